The van der Waals surface area contributed by atoms with Crippen molar-refractivity contribution in [2.45, 2.75) is 39.0 Å². The quantitative estimate of drug-likeness (QED) is 0.442. The average molecular weight is 443 g/mol. The van der Waals surface area contributed by atoms with Crippen molar-refractivity contribution in [3.05, 3.63) is 101 Å². The molecule has 1 atom stereocenters. The molecule has 3 aromatic heterocycles. The number of nitrogens with zero attached hydrogens (tertiary/aromatic N) is 4. The number of halogens is 1. The van der Waals surface area contributed by atoms with Gasteiger partial charge in [0.2, 0.25) is 0 Å². The van der Waals surface area contributed by atoms with Crippen LogP contribution in [0, 0.1) is 19.7 Å². The van der Waals surface area contributed by atoms with E-state index in [4.69, 9.17) is 4.98 Å². The molecule has 0 bridgehead atoms. The first kappa shape index (κ1) is 21.3. The van der Waals surface area contributed by atoms with Crippen LogP contribution < -0.4 is 0 Å². The van der Waals surface area contributed by atoms with Gasteiger partial charge in [0.15, 0.2) is 0 Å². The fourth-order valence-electron chi connectivity index (χ4n) is 4.67. The third kappa shape index (κ3) is 4.65. The molecule has 0 saturated carbocycles. The molecule has 4 aromatic rings. The minimum atomic E-state index is -0.224. The number of piperidine rings is 1. The molecule has 5 rings (SSSR count). The van der Waals surface area contributed by atoms with Crippen molar-refractivity contribution in [1.29, 1.82) is 0 Å². The third-order valence-corrected chi connectivity index (χ3v) is 6.32. The molecule has 1 saturated heterocycles. The van der Waals surface area contributed by atoms with Crippen LogP contribution in [-0.4, -0.2) is 38.3 Å². The molecular formula is C27H27FN4O. The van der Waals surface area contributed by atoms with Gasteiger partial charge in [-0.25, -0.2) is 9.37 Å². The second kappa shape index (κ2) is 8.77. The number of aryl methyl sites for hydroxylation is 2. The summed E-state index contributed by atoms with van der Waals surface area (Å²) in [7, 11) is 0. The lowest BCUT2D eigenvalue weighted by atomic mass is 9.92. The summed E-state index contributed by atoms with van der Waals surface area (Å²) in [5.41, 5.74) is 6.60. The van der Waals surface area contributed by atoms with Crippen LogP contribution in [0.2, 0.25) is 0 Å². The Labute approximate surface area is 192 Å². The molecule has 0 aliphatic carbocycles. The number of carbonyl (C=O) groups excluding carboxylic acids is 1. The molecule has 1 amide bonds. The minimum Gasteiger partial charge on any atom is -0.337 e. The second-order valence-electron chi connectivity index (χ2n) is 9.03. The highest BCUT2D eigenvalue weighted by Crippen LogP contribution is 2.28. The zero-order chi connectivity index (χ0) is 22.9. The Hall–Kier alpha value is -3.54. The van der Waals surface area contributed by atoms with Gasteiger partial charge in [0.1, 0.15) is 17.2 Å². The largest absolute Gasteiger partial charge is 0.337 e. The third-order valence-electron chi connectivity index (χ3n) is 6.32. The molecule has 6 heteroatoms. The van der Waals surface area contributed by atoms with Crippen molar-refractivity contribution < 1.29 is 9.18 Å². The van der Waals surface area contributed by atoms with Crippen LogP contribution in [0.25, 0.3) is 5.65 Å². The summed E-state index contributed by atoms with van der Waals surface area (Å²) in [5.74, 6) is -0.0628. The van der Waals surface area contributed by atoms with Gasteiger partial charge in [0, 0.05) is 42.8 Å². The summed E-state index contributed by atoms with van der Waals surface area (Å²) in [6.45, 7) is 5.39. The number of carbonyl (C=O) groups is 1. The molecule has 1 fully saturated rings. The molecular weight excluding hydrogens is 415 g/mol. The molecule has 0 spiro atoms. The Morgan fingerprint density at radius 1 is 1.06 bits per heavy atom. The van der Waals surface area contributed by atoms with Gasteiger partial charge in [-0.2, -0.15) is 0 Å². The Kier molecular flexibility index (Phi) is 5.67. The molecule has 1 unspecified atom stereocenters. The lowest BCUT2D eigenvalue weighted by Crippen LogP contribution is -2.39. The number of amides is 1. The van der Waals surface area contributed by atoms with Crippen LogP contribution in [0.15, 0.2) is 60.9 Å². The molecule has 1 aliphatic rings. The fraction of sp³-hybridized carbons (Fsp3) is 0.296. The maximum atomic E-state index is 13.3. The first-order valence-electron chi connectivity index (χ1n) is 11.4. The van der Waals surface area contributed by atoms with Gasteiger partial charge in [-0.1, -0.05) is 12.1 Å². The predicted octanol–water partition coefficient (Wildman–Crippen LogP) is 5.10. The number of pyridine rings is 2. The van der Waals surface area contributed by atoms with Crippen molar-refractivity contribution in [2.24, 2.45) is 0 Å². The van der Waals surface area contributed by atoms with Crippen molar-refractivity contribution in [2.75, 3.05) is 13.1 Å². The van der Waals surface area contributed by atoms with Crippen molar-refractivity contribution in [1.82, 2.24) is 19.3 Å². The van der Waals surface area contributed by atoms with Gasteiger partial charge >= 0.3 is 0 Å². The molecule has 4 heterocycles. The normalized spacial score (nSPS) is 16.3. The fourth-order valence-corrected chi connectivity index (χ4v) is 4.67. The molecule has 1 aromatic carbocycles. The number of hydrogen-bond donors (Lipinski definition) is 0. The first-order valence-corrected chi connectivity index (χ1v) is 11.4. The van der Waals surface area contributed by atoms with Crippen LogP contribution in [0.4, 0.5) is 4.39 Å². The summed E-state index contributed by atoms with van der Waals surface area (Å²) in [4.78, 5) is 24.5. The number of hydrogen-bond acceptors (Lipinski definition) is 3. The van der Waals surface area contributed by atoms with Gasteiger partial charge in [0.25, 0.3) is 5.91 Å². The van der Waals surface area contributed by atoms with E-state index in [-0.39, 0.29) is 17.6 Å². The number of imidazole rings is 1. The highest BCUT2D eigenvalue weighted by Gasteiger charge is 2.28. The Balaban J connectivity index is 1.35. The van der Waals surface area contributed by atoms with Crippen LogP contribution in [0.3, 0.4) is 0 Å². The predicted molar refractivity (Wildman–Crippen MR) is 126 cm³/mol. The molecule has 1 aliphatic heterocycles. The number of aromatic nitrogens is 3. The van der Waals surface area contributed by atoms with E-state index in [1.807, 2.05) is 59.8 Å². The van der Waals surface area contributed by atoms with E-state index in [0.29, 0.717) is 12.2 Å². The van der Waals surface area contributed by atoms with Gasteiger partial charge in [0.05, 0.1) is 0 Å². The summed E-state index contributed by atoms with van der Waals surface area (Å²) >= 11 is 0. The van der Waals surface area contributed by atoms with Crippen molar-refractivity contribution in [3.63, 3.8) is 0 Å². The average Bonchev–Trinajstić information content (AvgIpc) is 3.23. The van der Waals surface area contributed by atoms with E-state index in [1.54, 1.807) is 0 Å². The monoisotopic (exact) mass is 442 g/mol. The van der Waals surface area contributed by atoms with Crippen LogP contribution in [-0.2, 0) is 6.42 Å². The van der Waals surface area contributed by atoms with E-state index >= 15 is 0 Å². The SMILES string of the molecule is Cc1ccn2cc(C(=O)N3CCCC(c4cc(Cc5ccc(F)cc5)cc(C)n4)C3)nc2c1. The standard InChI is InChI=1S/C27H27FN4O/c1-18-9-11-31-17-25(30-26(31)12-18)27(33)32-10-3-4-22(16-32)24-15-21(13-19(2)29-24)14-20-5-7-23(28)8-6-20/h5-9,11-13,15,17,22H,3-4,10,14,16H2,1-2H3. The van der Waals surface area contributed by atoms with Crippen molar-refractivity contribution >= 4 is 11.6 Å². The summed E-state index contributed by atoms with van der Waals surface area (Å²) in [6, 6.07) is 14.8. The molecule has 33 heavy (non-hydrogen) atoms. The van der Waals surface area contributed by atoms with Crippen LogP contribution in [0.5, 0.6) is 0 Å². The van der Waals surface area contributed by atoms with Crippen LogP contribution >= 0.6 is 0 Å². The van der Waals surface area contributed by atoms with E-state index < -0.39 is 0 Å². The van der Waals surface area contributed by atoms with Crippen molar-refractivity contribution in [3.8, 4) is 0 Å². The molecule has 5 nitrogen and oxygen atoms in total. The topological polar surface area (TPSA) is 50.5 Å². The highest BCUT2D eigenvalue weighted by atomic mass is 19.1. The van der Waals surface area contributed by atoms with E-state index in [2.05, 4.69) is 17.1 Å². The van der Waals surface area contributed by atoms with E-state index in [1.165, 1.54) is 12.1 Å². The van der Waals surface area contributed by atoms with E-state index in [0.717, 1.165) is 59.5 Å². The Morgan fingerprint density at radius 2 is 1.88 bits per heavy atom. The smallest absolute Gasteiger partial charge is 0.274 e. The zero-order valence-corrected chi connectivity index (χ0v) is 19.0. The van der Waals surface area contributed by atoms with Gasteiger partial charge < -0.3 is 9.30 Å². The number of likely N-dealkylation sites (tertiary alicyclic amines) is 1. The maximum Gasteiger partial charge on any atom is 0.274 e. The lowest BCUT2D eigenvalue weighted by Gasteiger charge is -2.32. The zero-order valence-electron chi connectivity index (χ0n) is 19.0. The minimum absolute atomic E-state index is 0.0276. The van der Waals surface area contributed by atoms with Crippen LogP contribution in [0.1, 0.15) is 57.3 Å². The lowest BCUT2D eigenvalue weighted by molar-refractivity contribution is 0.0700. The molecule has 168 valence electrons. The summed E-state index contributed by atoms with van der Waals surface area (Å²) in [6.07, 6.45) is 6.41. The molecule has 0 radical (unpaired) electrons. The highest BCUT2D eigenvalue weighted by molar-refractivity contribution is 5.93. The maximum absolute atomic E-state index is 13.3. The number of fused-ring (bicyclic) bond motifs is 1. The second-order valence-corrected chi connectivity index (χ2v) is 9.03. The van der Waals surface area contributed by atoms with Gasteiger partial charge in [-0.3, -0.25) is 9.78 Å². The van der Waals surface area contributed by atoms with Gasteiger partial charge in [-0.05, 0) is 86.2 Å². The molecule has 0 N–H and O–H groups in total. The summed E-state index contributed by atoms with van der Waals surface area (Å²) in [5, 5.41) is 0. The van der Waals surface area contributed by atoms with Gasteiger partial charge in [-0.15, -0.1) is 0 Å². The Morgan fingerprint density at radius 3 is 2.70 bits per heavy atom. The number of benzene rings is 1. The van der Waals surface area contributed by atoms with E-state index in [9.17, 15) is 9.18 Å². The summed E-state index contributed by atoms with van der Waals surface area (Å²) < 4.78 is 15.1. The first-order chi connectivity index (χ1) is 15.9. The number of rotatable bonds is 4. The Bertz CT molecular complexity index is 1310.